The van der Waals surface area contributed by atoms with Crippen molar-refractivity contribution in [2.24, 2.45) is 0 Å². The Kier molecular flexibility index (Phi) is 6.90. The van der Waals surface area contributed by atoms with E-state index in [9.17, 15) is 9.59 Å². The molecule has 38 heavy (non-hydrogen) atoms. The highest BCUT2D eigenvalue weighted by atomic mass is 16.6. The number of anilines is 2. The van der Waals surface area contributed by atoms with Gasteiger partial charge in [-0.3, -0.25) is 9.69 Å². The number of ether oxygens (including phenoxy) is 1. The molecule has 8 heteroatoms. The molecule has 3 heterocycles. The Balaban J connectivity index is 1.29. The van der Waals surface area contributed by atoms with E-state index in [0.29, 0.717) is 26.1 Å². The van der Waals surface area contributed by atoms with Crippen LogP contribution in [0.5, 0.6) is 0 Å². The Labute approximate surface area is 224 Å². The minimum Gasteiger partial charge on any atom is -0.444 e. The number of para-hydroxylation sites is 1. The Hall–Kier alpha value is -3.81. The van der Waals surface area contributed by atoms with Crippen molar-refractivity contribution in [2.75, 3.05) is 16.8 Å². The molecule has 2 aliphatic rings. The molecule has 1 aromatic heterocycles. The Bertz CT molecular complexity index is 1320. The first kappa shape index (κ1) is 25.8. The summed E-state index contributed by atoms with van der Waals surface area (Å²) in [5.74, 6) is 1.02. The number of amides is 2. The molecule has 0 aliphatic carbocycles. The van der Waals surface area contributed by atoms with Crippen LogP contribution in [0.15, 0.2) is 54.7 Å². The highest BCUT2D eigenvalue weighted by Crippen LogP contribution is 2.39. The zero-order valence-corrected chi connectivity index (χ0v) is 22.9. The fourth-order valence-corrected chi connectivity index (χ4v) is 5.31. The summed E-state index contributed by atoms with van der Waals surface area (Å²) in [5, 5.41) is 3.69. The van der Waals surface area contributed by atoms with E-state index in [4.69, 9.17) is 9.72 Å². The van der Waals surface area contributed by atoms with Gasteiger partial charge in [0.25, 0.3) is 0 Å². The number of aromatic nitrogens is 2. The third kappa shape index (κ3) is 5.26. The van der Waals surface area contributed by atoms with E-state index in [1.807, 2.05) is 50.8 Å². The maximum absolute atomic E-state index is 12.6. The molecule has 5 rings (SSSR count). The van der Waals surface area contributed by atoms with Gasteiger partial charge in [0.2, 0.25) is 5.91 Å². The molecule has 3 aromatic rings. The van der Waals surface area contributed by atoms with Gasteiger partial charge < -0.3 is 19.5 Å². The van der Waals surface area contributed by atoms with Crippen LogP contribution in [0.1, 0.15) is 64.9 Å². The molecule has 0 radical (unpaired) electrons. The Morgan fingerprint density at radius 3 is 2.53 bits per heavy atom. The molecule has 200 valence electrons. The lowest BCUT2D eigenvalue weighted by atomic mass is 9.91. The predicted molar refractivity (Wildman–Crippen MR) is 149 cm³/mol. The fourth-order valence-electron chi connectivity index (χ4n) is 5.31. The molecule has 2 aliphatic heterocycles. The van der Waals surface area contributed by atoms with Crippen LogP contribution in [0.2, 0.25) is 0 Å². The third-order valence-electron chi connectivity index (χ3n) is 7.14. The summed E-state index contributed by atoms with van der Waals surface area (Å²) in [4.78, 5) is 33.6. The Morgan fingerprint density at radius 2 is 1.82 bits per heavy atom. The maximum atomic E-state index is 12.6. The smallest absolute Gasteiger partial charge is 0.410 e. The van der Waals surface area contributed by atoms with Gasteiger partial charge in [-0.05, 0) is 57.9 Å². The number of hydrogen-bond donors (Lipinski definition) is 1. The molecule has 2 amide bonds. The first-order chi connectivity index (χ1) is 18.1. The van der Waals surface area contributed by atoms with Crippen molar-refractivity contribution in [2.45, 2.75) is 78.2 Å². The number of benzene rings is 2. The van der Waals surface area contributed by atoms with Crippen LogP contribution in [0, 0.1) is 0 Å². The molecule has 2 aromatic carbocycles. The van der Waals surface area contributed by atoms with Gasteiger partial charge in [-0.25, -0.2) is 9.78 Å². The second kappa shape index (κ2) is 10.2. The lowest BCUT2D eigenvalue weighted by Crippen LogP contribution is -2.44. The van der Waals surface area contributed by atoms with Crippen LogP contribution in [-0.2, 0) is 22.6 Å². The summed E-state index contributed by atoms with van der Waals surface area (Å²) in [6.45, 7) is 11.4. The molecule has 1 N–H and O–H groups in total. The van der Waals surface area contributed by atoms with E-state index >= 15 is 0 Å². The van der Waals surface area contributed by atoms with Gasteiger partial charge in [-0.1, -0.05) is 37.3 Å². The minimum atomic E-state index is -0.519. The second-order valence-electron chi connectivity index (χ2n) is 11.2. The summed E-state index contributed by atoms with van der Waals surface area (Å²) >= 11 is 0. The van der Waals surface area contributed by atoms with Crippen molar-refractivity contribution in [3.8, 4) is 11.3 Å². The molecular formula is C30H37N5O3. The van der Waals surface area contributed by atoms with E-state index in [0.717, 1.165) is 40.4 Å². The van der Waals surface area contributed by atoms with Crippen LogP contribution in [0.4, 0.5) is 16.2 Å². The number of fused-ring (bicyclic) bond motifs is 2. The second-order valence-corrected chi connectivity index (χ2v) is 11.2. The number of carbonyl (C=O) groups is 2. The zero-order valence-electron chi connectivity index (χ0n) is 22.9. The average molecular weight is 516 g/mol. The first-order valence-electron chi connectivity index (χ1n) is 13.4. The lowest BCUT2D eigenvalue weighted by Gasteiger charge is -2.40. The maximum Gasteiger partial charge on any atom is 0.410 e. The van der Waals surface area contributed by atoms with Gasteiger partial charge in [0.1, 0.15) is 11.4 Å². The molecule has 8 nitrogen and oxygen atoms in total. The summed E-state index contributed by atoms with van der Waals surface area (Å²) in [5.41, 5.74) is 4.57. The van der Waals surface area contributed by atoms with E-state index in [2.05, 4.69) is 53.3 Å². The van der Waals surface area contributed by atoms with Gasteiger partial charge >= 0.3 is 6.09 Å². The molecule has 0 bridgehead atoms. The van der Waals surface area contributed by atoms with E-state index in [-0.39, 0.29) is 24.1 Å². The molecule has 0 unspecified atom stereocenters. The highest BCUT2D eigenvalue weighted by Gasteiger charge is 2.33. The zero-order chi connectivity index (χ0) is 27.0. The predicted octanol–water partition coefficient (Wildman–Crippen LogP) is 5.99. The van der Waals surface area contributed by atoms with Crippen molar-refractivity contribution >= 4 is 23.4 Å². The standard InChI is InChI=1S/C30H37N5O3/c1-6-28(36)35-20(2)17-24(23-9-7-8-10-26(23)35)31-22-13-11-21(12-14-22)25-18-33-15-16-34(19-27(33)32-25)29(37)38-30(3,4)5/h7-14,18,20,24,31H,6,15-17,19H2,1-5H3/t20-,24+/m0/s1. The van der Waals surface area contributed by atoms with Gasteiger partial charge in [0.05, 0.1) is 18.3 Å². The topological polar surface area (TPSA) is 79.7 Å². The number of nitrogens with zero attached hydrogens (tertiary/aromatic N) is 4. The number of rotatable bonds is 4. The molecule has 0 spiro atoms. The van der Waals surface area contributed by atoms with Crippen molar-refractivity contribution in [1.82, 2.24) is 14.5 Å². The number of hydrogen-bond acceptors (Lipinski definition) is 5. The van der Waals surface area contributed by atoms with Crippen molar-refractivity contribution in [3.63, 3.8) is 0 Å². The fraction of sp³-hybridized carbons (Fsp3) is 0.433. The number of carbonyl (C=O) groups excluding carboxylic acids is 2. The monoisotopic (exact) mass is 515 g/mol. The van der Waals surface area contributed by atoms with Gasteiger partial charge in [-0.2, -0.15) is 0 Å². The summed E-state index contributed by atoms with van der Waals surface area (Å²) < 4.78 is 7.65. The van der Waals surface area contributed by atoms with E-state index in [1.165, 1.54) is 0 Å². The molecule has 2 atom stereocenters. The SMILES string of the molecule is CCC(=O)N1c2ccccc2[C@H](Nc2ccc(-c3cn4c(n3)CN(C(=O)OC(C)(C)C)CC4)cc2)C[C@@H]1C. The molecule has 0 fully saturated rings. The third-order valence-corrected chi connectivity index (χ3v) is 7.14. The summed E-state index contributed by atoms with van der Waals surface area (Å²) in [6.07, 6.45) is 3.09. The van der Waals surface area contributed by atoms with Crippen LogP contribution in [0.3, 0.4) is 0 Å². The van der Waals surface area contributed by atoms with Gasteiger partial charge in [0, 0.05) is 48.7 Å². The van der Waals surface area contributed by atoms with E-state index < -0.39 is 5.60 Å². The number of imidazole rings is 1. The van der Waals surface area contributed by atoms with Gasteiger partial charge in [-0.15, -0.1) is 0 Å². The van der Waals surface area contributed by atoms with Crippen molar-refractivity contribution < 1.29 is 14.3 Å². The highest BCUT2D eigenvalue weighted by molar-refractivity contribution is 5.95. The van der Waals surface area contributed by atoms with Crippen molar-refractivity contribution in [1.29, 1.82) is 0 Å². The van der Waals surface area contributed by atoms with Crippen molar-refractivity contribution in [3.05, 3.63) is 66.1 Å². The van der Waals surface area contributed by atoms with Crippen LogP contribution < -0.4 is 10.2 Å². The first-order valence-corrected chi connectivity index (χ1v) is 13.4. The lowest BCUT2D eigenvalue weighted by molar-refractivity contribution is -0.118. The molecular weight excluding hydrogens is 478 g/mol. The van der Waals surface area contributed by atoms with Crippen LogP contribution in [0.25, 0.3) is 11.3 Å². The number of nitrogens with one attached hydrogen (secondary N) is 1. The quantitative estimate of drug-likeness (QED) is 0.462. The normalized spacial score (nSPS) is 19.0. The summed E-state index contributed by atoms with van der Waals surface area (Å²) in [6, 6.07) is 16.7. The minimum absolute atomic E-state index is 0.117. The molecule has 0 saturated carbocycles. The Morgan fingerprint density at radius 1 is 1.08 bits per heavy atom. The largest absolute Gasteiger partial charge is 0.444 e. The van der Waals surface area contributed by atoms with Crippen LogP contribution >= 0.6 is 0 Å². The van der Waals surface area contributed by atoms with Crippen LogP contribution in [-0.4, -0.2) is 44.6 Å². The van der Waals surface area contributed by atoms with Gasteiger partial charge in [0.15, 0.2) is 0 Å². The van der Waals surface area contributed by atoms with E-state index in [1.54, 1.807) is 4.90 Å². The average Bonchev–Trinajstić information content (AvgIpc) is 3.31. The molecule has 0 saturated heterocycles. The summed E-state index contributed by atoms with van der Waals surface area (Å²) in [7, 11) is 0.